The highest BCUT2D eigenvalue weighted by Crippen LogP contribution is 2.30. The van der Waals surface area contributed by atoms with E-state index in [0.29, 0.717) is 29.6 Å². The van der Waals surface area contributed by atoms with E-state index in [1.54, 1.807) is 18.2 Å². The minimum absolute atomic E-state index is 0.183. The second kappa shape index (κ2) is 7.52. The zero-order valence-electron chi connectivity index (χ0n) is 16.5. The number of aryl methyl sites for hydroxylation is 1. The molecule has 1 saturated heterocycles. The summed E-state index contributed by atoms with van der Waals surface area (Å²) < 4.78 is 33.0. The third kappa shape index (κ3) is 3.57. The van der Waals surface area contributed by atoms with Gasteiger partial charge in [0, 0.05) is 30.1 Å². The van der Waals surface area contributed by atoms with Gasteiger partial charge in [0.15, 0.2) is 5.76 Å². The van der Waals surface area contributed by atoms with Crippen LogP contribution in [-0.4, -0.2) is 37.8 Å². The number of hydrogen-bond donors (Lipinski definition) is 1. The summed E-state index contributed by atoms with van der Waals surface area (Å²) >= 11 is 0. The molecule has 2 aromatic rings. The van der Waals surface area contributed by atoms with Gasteiger partial charge in [-0.15, -0.1) is 0 Å². The van der Waals surface area contributed by atoms with Gasteiger partial charge >= 0.3 is 0 Å². The molecule has 0 radical (unpaired) electrons. The molecule has 2 aliphatic rings. The van der Waals surface area contributed by atoms with E-state index >= 15 is 0 Å². The van der Waals surface area contributed by atoms with E-state index < -0.39 is 10.0 Å². The summed E-state index contributed by atoms with van der Waals surface area (Å²) in [7, 11) is -3.49. The van der Waals surface area contributed by atoms with Crippen molar-refractivity contribution in [1.29, 1.82) is 0 Å². The predicted octanol–water partition coefficient (Wildman–Crippen LogP) is 3.83. The van der Waals surface area contributed by atoms with Gasteiger partial charge in [0.25, 0.3) is 5.91 Å². The fraction of sp³-hybridized carbons (Fsp3) is 0.571. The molecule has 4 rings (SSSR count). The maximum absolute atomic E-state index is 12.8. The van der Waals surface area contributed by atoms with Crippen LogP contribution in [0.2, 0.25) is 0 Å². The molecule has 1 aromatic heterocycles. The largest absolute Gasteiger partial charge is 0.451 e. The number of benzene rings is 1. The van der Waals surface area contributed by atoms with Gasteiger partial charge < -0.3 is 9.73 Å². The first kappa shape index (κ1) is 19.5. The minimum Gasteiger partial charge on any atom is -0.451 e. The van der Waals surface area contributed by atoms with Crippen molar-refractivity contribution in [3.8, 4) is 0 Å². The lowest BCUT2D eigenvalue weighted by atomic mass is 9.87. The lowest BCUT2D eigenvalue weighted by Gasteiger charge is -2.26. The molecular weight excluding hydrogens is 376 g/mol. The highest BCUT2D eigenvalue weighted by molar-refractivity contribution is 7.89. The smallest absolute Gasteiger partial charge is 0.287 e. The normalized spacial score (nSPS) is 23.9. The van der Waals surface area contributed by atoms with Crippen LogP contribution in [0.15, 0.2) is 27.5 Å². The standard InChI is InChI=1S/C21H28N2O4S/c1-14-5-7-16(8-6-14)22-21(24)20-15(2)18-13-17(9-10-19(18)27-20)28(25,26)23-11-3-4-12-23/h9-10,13-14,16H,3-8,11-12H2,1-2H3,(H,22,24). The summed E-state index contributed by atoms with van der Waals surface area (Å²) in [6.07, 6.45) is 6.03. The molecule has 1 N–H and O–H groups in total. The molecule has 2 fully saturated rings. The topological polar surface area (TPSA) is 79.6 Å². The summed E-state index contributed by atoms with van der Waals surface area (Å²) in [5, 5.41) is 3.77. The average Bonchev–Trinajstić information content (AvgIpc) is 3.32. The molecule has 0 unspecified atom stereocenters. The third-order valence-corrected chi connectivity index (χ3v) is 8.06. The molecule has 2 heterocycles. The molecule has 7 heteroatoms. The molecule has 1 aliphatic heterocycles. The Balaban J connectivity index is 1.59. The molecule has 0 bridgehead atoms. The van der Waals surface area contributed by atoms with E-state index in [1.165, 1.54) is 4.31 Å². The van der Waals surface area contributed by atoms with E-state index in [9.17, 15) is 13.2 Å². The van der Waals surface area contributed by atoms with Crippen molar-refractivity contribution in [2.45, 2.75) is 63.3 Å². The van der Waals surface area contributed by atoms with E-state index in [1.807, 2.05) is 6.92 Å². The molecular formula is C21H28N2O4S. The monoisotopic (exact) mass is 404 g/mol. The van der Waals surface area contributed by atoms with Crippen LogP contribution < -0.4 is 5.32 Å². The Bertz CT molecular complexity index is 981. The van der Waals surface area contributed by atoms with Gasteiger partial charge in [-0.25, -0.2) is 8.42 Å². The number of carbonyl (C=O) groups is 1. The molecule has 0 atom stereocenters. The lowest BCUT2D eigenvalue weighted by molar-refractivity contribution is 0.0896. The Morgan fingerprint density at radius 2 is 1.82 bits per heavy atom. The first-order chi connectivity index (χ1) is 13.4. The van der Waals surface area contributed by atoms with Crippen LogP contribution in [-0.2, 0) is 10.0 Å². The highest BCUT2D eigenvalue weighted by Gasteiger charge is 2.29. The second-order valence-electron chi connectivity index (χ2n) is 8.26. The van der Waals surface area contributed by atoms with Crippen LogP contribution >= 0.6 is 0 Å². The van der Waals surface area contributed by atoms with Crippen LogP contribution in [0.4, 0.5) is 0 Å². The summed E-state index contributed by atoms with van der Waals surface area (Å²) in [6.45, 7) is 5.20. The van der Waals surface area contributed by atoms with Crippen molar-refractivity contribution in [1.82, 2.24) is 9.62 Å². The average molecular weight is 405 g/mol. The third-order valence-electron chi connectivity index (χ3n) is 6.17. The highest BCUT2D eigenvalue weighted by atomic mass is 32.2. The zero-order valence-corrected chi connectivity index (χ0v) is 17.3. The second-order valence-corrected chi connectivity index (χ2v) is 10.2. The van der Waals surface area contributed by atoms with Crippen LogP contribution in [0.1, 0.15) is 61.6 Å². The van der Waals surface area contributed by atoms with Gasteiger partial charge in [0.1, 0.15) is 5.58 Å². The summed E-state index contributed by atoms with van der Waals surface area (Å²) in [5.41, 5.74) is 1.23. The first-order valence-corrected chi connectivity index (χ1v) is 11.6. The number of rotatable bonds is 4. The van der Waals surface area contributed by atoms with Crippen LogP contribution in [0.3, 0.4) is 0 Å². The van der Waals surface area contributed by atoms with Gasteiger partial charge in [-0.1, -0.05) is 6.92 Å². The van der Waals surface area contributed by atoms with Crippen molar-refractivity contribution < 1.29 is 17.6 Å². The van der Waals surface area contributed by atoms with Crippen molar-refractivity contribution in [2.75, 3.05) is 13.1 Å². The van der Waals surface area contributed by atoms with E-state index in [4.69, 9.17) is 4.42 Å². The van der Waals surface area contributed by atoms with Crippen molar-refractivity contribution in [3.63, 3.8) is 0 Å². The number of nitrogens with one attached hydrogen (secondary N) is 1. The Kier molecular flexibility index (Phi) is 5.22. The van der Waals surface area contributed by atoms with Gasteiger partial charge in [-0.2, -0.15) is 4.31 Å². The van der Waals surface area contributed by atoms with Gasteiger partial charge in [-0.3, -0.25) is 4.79 Å². The maximum Gasteiger partial charge on any atom is 0.287 e. The molecule has 1 amide bonds. The van der Waals surface area contributed by atoms with E-state index in [0.717, 1.165) is 44.4 Å². The molecule has 28 heavy (non-hydrogen) atoms. The first-order valence-electron chi connectivity index (χ1n) is 10.2. The summed E-state index contributed by atoms with van der Waals surface area (Å²) in [4.78, 5) is 13.0. The summed E-state index contributed by atoms with van der Waals surface area (Å²) in [5.74, 6) is 0.790. The predicted molar refractivity (Wildman–Crippen MR) is 108 cm³/mol. The number of amides is 1. The number of fused-ring (bicyclic) bond motifs is 1. The molecule has 1 aliphatic carbocycles. The Morgan fingerprint density at radius 1 is 1.14 bits per heavy atom. The number of nitrogens with zero attached hydrogens (tertiary/aromatic N) is 1. The van der Waals surface area contributed by atoms with Gasteiger partial charge in [-0.05, 0) is 69.6 Å². The quantitative estimate of drug-likeness (QED) is 0.840. The van der Waals surface area contributed by atoms with Gasteiger partial charge in [0.2, 0.25) is 10.0 Å². The maximum atomic E-state index is 12.8. The van der Waals surface area contributed by atoms with Crippen molar-refractivity contribution in [3.05, 3.63) is 29.5 Å². The van der Waals surface area contributed by atoms with Gasteiger partial charge in [0.05, 0.1) is 4.90 Å². The Labute approximate surface area is 166 Å². The SMILES string of the molecule is Cc1c(C(=O)NC2CCC(C)CC2)oc2ccc(S(=O)(=O)N3CCCC3)cc12. The number of carbonyl (C=O) groups excluding carboxylic acids is 1. The molecule has 1 aromatic carbocycles. The lowest BCUT2D eigenvalue weighted by Crippen LogP contribution is -2.37. The van der Waals surface area contributed by atoms with Crippen LogP contribution in [0.5, 0.6) is 0 Å². The van der Waals surface area contributed by atoms with Crippen LogP contribution in [0, 0.1) is 12.8 Å². The van der Waals surface area contributed by atoms with E-state index in [2.05, 4.69) is 12.2 Å². The van der Waals surface area contributed by atoms with Crippen molar-refractivity contribution >= 4 is 26.9 Å². The zero-order chi connectivity index (χ0) is 19.9. The Hall–Kier alpha value is -1.86. The molecule has 1 saturated carbocycles. The number of hydrogen-bond acceptors (Lipinski definition) is 4. The Morgan fingerprint density at radius 3 is 2.50 bits per heavy atom. The molecule has 0 spiro atoms. The number of furan rings is 1. The molecule has 152 valence electrons. The van der Waals surface area contributed by atoms with Crippen LogP contribution in [0.25, 0.3) is 11.0 Å². The van der Waals surface area contributed by atoms with E-state index in [-0.39, 0.29) is 22.6 Å². The number of sulfonamides is 1. The minimum atomic E-state index is -3.49. The molecule has 6 nitrogen and oxygen atoms in total. The fourth-order valence-electron chi connectivity index (χ4n) is 4.31. The van der Waals surface area contributed by atoms with Crippen molar-refractivity contribution in [2.24, 2.45) is 5.92 Å². The summed E-state index contributed by atoms with van der Waals surface area (Å²) in [6, 6.07) is 5.05. The fourth-order valence-corrected chi connectivity index (χ4v) is 5.85.